The van der Waals surface area contributed by atoms with E-state index in [0.29, 0.717) is 37.7 Å². The Morgan fingerprint density at radius 1 is 1.55 bits per heavy atom. The number of halogens is 1. The molecule has 2 rings (SSSR count). The van der Waals surface area contributed by atoms with Crippen LogP contribution < -0.4 is 15.8 Å². The van der Waals surface area contributed by atoms with Crippen molar-refractivity contribution < 1.29 is 14.3 Å². The fraction of sp³-hybridized carbons (Fsp3) is 0.533. The number of morpholine rings is 1. The lowest BCUT2D eigenvalue weighted by atomic mass is 10.2. The zero-order chi connectivity index (χ0) is 15.2. The third kappa shape index (κ3) is 5.14. The van der Waals surface area contributed by atoms with Gasteiger partial charge in [-0.3, -0.25) is 9.69 Å². The van der Waals surface area contributed by atoms with Gasteiger partial charge in [0, 0.05) is 19.6 Å². The van der Waals surface area contributed by atoms with Crippen LogP contribution in [0, 0.1) is 6.92 Å². The number of benzene rings is 1. The molecule has 1 saturated heterocycles. The Kier molecular flexibility index (Phi) is 7.61. The molecular formula is C15H24ClN3O3. The Bertz CT molecular complexity index is 499. The minimum Gasteiger partial charge on any atom is -0.495 e. The lowest BCUT2D eigenvalue weighted by molar-refractivity contribution is -0.119. The summed E-state index contributed by atoms with van der Waals surface area (Å²) < 4.78 is 10.8. The first-order valence-corrected chi connectivity index (χ1v) is 7.11. The van der Waals surface area contributed by atoms with Crippen molar-refractivity contribution in [1.29, 1.82) is 0 Å². The molecule has 0 spiro atoms. The summed E-state index contributed by atoms with van der Waals surface area (Å²) in [6.45, 7) is 4.83. The Hall–Kier alpha value is -1.34. The largest absolute Gasteiger partial charge is 0.495 e. The molecule has 124 valence electrons. The number of nitrogens with two attached hydrogens (primary N) is 1. The molecule has 22 heavy (non-hydrogen) atoms. The predicted molar refractivity (Wildman–Crippen MR) is 88.8 cm³/mol. The third-order valence-corrected chi connectivity index (χ3v) is 3.48. The summed E-state index contributed by atoms with van der Waals surface area (Å²) in [5.74, 6) is 0.604. The van der Waals surface area contributed by atoms with Gasteiger partial charge in [0.2, 0.25) is 5.91 Å². The van der Waals surface area contributed by atoms with Gasteiger partial charge in [-0.25, -0.2) is 0 Å². The van der Waals surface area contributed by atoms with Crippen LogP contribution in [0.15, 0.2) is 18.2 Å². The average Bonchev–Trinajstić information content (AvgIpc) is 2.47. The second kappa shape index (κ2) is 8.95. The van der Waals surface area contributed by atoms with Crippen molar-refractivity contribution in [3.63, 3.8) is 0 Å². The van der Waals surface area contributed by atoms with Gasteiger partial charge in [0.05, 0.1) is 32.1 Å². The van der Waals surface area contributed by atoms with Gasteiger partial charge in [0.25, 0.3) is 0 Å². The van der Waals surface area contributed by atoms with Gasteiger partial charge in [-0.2, -0.15) is 0 Å². The minimum atomic E-state index is -0.0587. The number of carbonyl (C=O) groups is 1. The fourth-order valence-corrected chi connectivity index (χ4v) is 2.38. The van der Waals surface area contributed by atoms with Crippen molar-refractivity contribution in [3.8, 4) is 5.75 Å². The summed E-state index contributed by atoms with van der Waals surface area (Å²) in [5, 5.41) is 2.90. The molecule has 1 aliphatic heterocycles. The van der Waals surface area contributed by atoms with Crippen molar-refractivity contribution >= 4 is 24.0 Å². The quantitative estimate of drug-likeness (QED) is 0.843. The van der Waals surface area contributed by atoms with E-state index in [9.17, 15) is 4.79 Å². The Morgan fingerprint density at radius 3 is 3.00 bits per heavy atom. The molecule has 1 fully saturated rings. The van der Waals surface area contributed by atoms with Crippen molar-refractivity contribution in [2.45, 2.75) is 13.0 Å². The lowest BCUT2D eigenvalue weighted by Crippen LogP contribution is -2.48. The van der Waals surface area contributed by atoms with Crippen molar-refractivity contribution in [2.24, 2.45) is 5.73 Å². The van der Waals surface area contributed by atoms with Crippen LogP contribution >= 0.6 is 12.4 Å². The van der Waals surface area contributed by atoms with Gasteiger partial charge in [-0.15, -0.1) is 12.4 Å². The molecule has 0 aromatic heterocycles. The fourth-order valence-electron chi connectivity index (χ4n) is 2.38. The number of ether oxygens (including phenoxy) is 2. The van der Waals surface area contributed by atoms with E-state index >= 15 is 0 Å². The summed E-state index contributed by atoms with van der Waals surface area (Å²) in [6, 6.07) is 5.70. The van der Waals surface area contributed by atoms with Gasteiger partial charge in [-0.1, -0.05) is 6.07 Å². The average molecular weight is 330 g/mol. The van der Waals surface area contributed by atoms with E-state index < -0.39 is 0 Å². The molecule has 1 heterocycles. The molecule has 0 radical (unpaired) electrons. The van der Waals surface area contributed by atoms with Gasteiger partial charge < -0.3 is 20.5 Å². The van der Waals surface area contributed by atoms with Crippen molar-refractivity contribution in [3.05, 3.63) is 23.8 Å². The molecule has 1 amide bonds. The van der Waals surface area contributed by atoms with Crippen LogP contribution in [0.5, 0.6) is 5.75 Å². The number of nitrogens with one attached hydrogen (secondary N) is 1. The van der Waals surface area contributed by atoms with Gasteiger partial charge in [0.15, 0.2) is 0 Å². The van der Waals surface area contributed by atoms with E-state index in [0.717, 1.165) is 12.1 Å². The lowest BCUT2D eigenvalue weighted by Gasteiger charge is -2.31. The predicted octanol–water partition coefficient (Wildman–Crippen LogP) is 1.02. The first-order chi connectivity index (χ1) is 10.1. The molecule has 1 atom stereocenters. The molecule has 1 aliphatic rings. The summed E-state index contributed by atoms with van der Waals surface area (Å²) in [7, 11) is 1.59. The standard InChI is InChI=1S/C15H23N3O3.ClH/c1-11-3-4-14(20-2)13(7-11)17-15(19)10-18-5-6-21-12(8-16)9-18;/h3-4,7,12H,5-6,8-10,16H2,1-2H3,(H,17,19);1H. The summed E-state index contributed by atoms with van der Waals surface area (Å²) in [5.41, 5.74) is 7.38. The molecular weight excluding hydrogens is 306 g/mol. The van der Waals surface area contributed by atoms with E-state index in [1.807, 2.05) is 25.1 Å². The summed E-state index contributed by atoms with van der Waals surface area (Å²) >= 11 is 0. The molecule has 3 N–H and O–H groups in total. The molecule has 1 aromatic rings. The van der Waals surface area contributed by atoms with Crippen LogP contribution in [0.3, 0.4) is 0 Å². The zero-order valence-corrected chi connectivity index (χ0v) is 13.8. The molecule has 1 unspecified atom stereocenters. The highest BCUT2D eigenvalue weighted by Crippen LogP contribution is 2.25. The molecule has 6 nitrogen and oxygen atoms in total. The smallest absolute Gasteiger partial charge is 0.238 e. The molecule has 0 aliphatic carbocycles. The number of aryl methyl sites for hydroxylation is 1. The maximum atomic E-state index is 12.2. The maximum Gasteiger partial charge on any atom is 0.238 e. The van der Waals surface area contributed by atoms with Crippen LogP contribution in [0.4, 0.5) is 5.69 Å². The highest BCUT2D eigenvalue weighted by molar-refractivity contribution is 5.93. The number of anilines is 1. The molecule has 7 heteroatoms. The Morgan fingerprint density at radius 2 is 2.32 bits per heavy atom. The number of amides is 1. The number of hydrogen-bond donors (Lipinski definition) is 2. The Labute approximate surface area is 137 Å². The number of nitrogens with zero attached hydrogens (tertiary/aromatic N) is 1. The SMILES string of the molecule is COc1ccc(C)cc1NC(=O)CN1CCOC(CN)C1.Cl. The highest BCUT2D eigenvalue weighted by atomic mass is 35.5. The molecule has 1 aromatic carbocycles. The topological polar surface area (TPSA) is 76.8 Å². The minimum absolute atomic E-state index is 0. The summed E-state index contributed by atoms with van der Waals surface area (Å²) in [4.78, 5) is 14.2. The first-order valence-electron chi connectivity index (χ1n) is 7.11. The number of carbonyl (C=O) groups excluding carboxylic acids is 1. The molecule has 0 bridgehead atoms. The highest BCUT2D eigenvalue weighted by Gasteiger charge is 2.21. The van der Waals surface area contributed by atoms with Crippen LogP contribution in [-0.2, 0) is 9.53 Å². The van der Waals surface area contributed by atoms with Crippen molar-refractivity contribution in [2.75, 3.05) is 45.2 Å². The second-order valence-electron chi connectivity index (χ2n) is 5.22. The number of methoxy groups -OCH3 is 1. The second-order valence-corrected chi connectivity index (χ2v) is 5.22. The first kappa shape index (κ1) is 18.7. The summed E-state index contributed by atoms with van der Waals surface area (Å²) in [6.07, 6.45) is 0.0139. The van der Waals surface area contributed by atoms with E-state index in [-0.39, 0.29) is 24.4 Å². The van der Waals surface area contributed by atoms with E-state index in [1.165, 1.54) is 0 Å². The van der Waals surface area contributed by atoms with Crippen LogP contribution in [0.2, 0.25) is 0 Å². The normalized spacial score (nSPS) is 18.4. The van der Waals surface area contributed by atoms with E-state index in [2.05, 4.69) is 10.2 Å². The maximum absolute atomic E-state index is 12.2. The van der Waals surface area contributed by atoms with Gasteiger partial charge in [-0.05, 0) is 24.6 Å². The van der Waals surface area contributed by atoms with Crippen molar-refractivity contribution in [1.82, 2.24) is 4.90 Å². The number of hydrogen-bond acceptors (Lipinski definition) is 5. The zero-order valence-electron chi connectivity index (χ0n) is 13.0. The number of rotatable bonds is 5. The molecule has 0 saturated carbocycles. The monoisotopic (exact) mass is 329 g/mol. The van der Waals surface area contributed by atoms with Crippen LogP contribution in [0.25, 0.3) is 0 Å². The van der Waals surface area contributed by atoms with Gasteiger partial charge >= 0.3 is 0 Å². The van der Waals surface area contributed by atoms with E-state index in [4.69, 9.17) is 15.2 Å². The van der Waals surface area contributed by atoms with E-state index in [1.54, 1.807) is 7.11 Å². The Balaban J connectivity index is 0.00000242. The van der Waals surface area contributed by atoms with Gasteiger partial charge in [0.1, 0.15) is 5.75 Å². The third-order valence-electron chi connectivity index (χ3n) is 3.48. The van der Waals surface area contributed by atoms with Crippen LogP contribution in [0.1, 0.15) is 5.56 Å². The van der Waals surface area contributed by atoms with Crippen LogP contribution in [-0.4, -0.2) is 56.8 Å².